The van der Waals surface area contributed by atoms with Crippen LogP contribution in [0.1, 0.15) is 0 Å². The van der Waals surface area contributed by atoms with Crippen molar-refractivity contribution < 1.29 is 61.9 Å². The summed E-state index contributed by atoms with van der Waals surface area (Å²) in [6.07, 6.45) is 0. The maximum absolute atomic E-state index is 7.50. The minimum absolute atomic E-state index is 0. The Hall–Kier alpha value is -2.73. The Morgan fingerprint density at radius 3 is 0.812 bits per heavy atom. The van der Waals surface area contributed by atoms with E-state index in [2.05, 4.69) is 26.6 Å². The Kier molecular flexibility index (Phi) is 32.4. The zero-order valence-corrected chi connectivity index (χ0v) is 19.2. The van der Waals surface area contributed by atoms with Gasteiger partial charge in [-0.05, 0) is 36.4 Å². The van der Waals surface area contributed by atoms with Gasteiger partial charge in [-0.1, -0.05) is 54.6 Å². The van der Waals surface area contributed by atoms with Gasteiger partial charge in [0.15, 0.2) is 0 Å². The van der Waals surface area contributed by atoms with E-state index in [0.717, 1.165) is 0 Å². The van der Waals surface area contributed by atoms with Crippen molar-refractivity contribution >= 4 is 8.60 Å². The first-order valence-electron chi connectivity index (χ1n) is 7.71. The predicted molar refractivity (Wildman–Crippen MR) is 104 cm³/mol. The fourth-order valence-electron chi connectivity index (χ4n) is 1.76. The SMILES string of the molecule is [C-]#[O+].[C-]#[O+].[C-]#[O+].[C-]#[O+].[Cl-].[Cr].c1ccc(OP(Oc2ccccc2)Oc2ccccc2)cc1. The van der Waals surface area contributed by atoms with E-state index < -0.39 is 8.60 Å². The summed E-state index contributed by atoms with van der Waals surface area (Å²) >= 11 is 0. The van der Waals surface area contributed by atoms with Crippen molar-refractivity contribution in [2.45, 2.75) is 0 Å². The number of benzene rings is 3. The molecule has 7 nitrogen and oxygen atoms in total. The first kappa shape index (κ1) is 36.6. The van der Waals surface area contributed by atoms with E-state index in [1.54, 1.807) is 0 Å². The second kappa shape index (κ2) is 28.3. The smallest absolute Gasteiger partial charge is 0.530 e. The molecule has 0 aliphatic heterocycles. The molecule has 10 heteroatoms. The minimum Gasteiger partial charge on any atom is -1.00 e. The summed E-state index contributed by atoms with van der Waals surface area (Å²) in [5.41, 5.74) is 0. The molecule has 0 heterocycles. The molecule has 164 valence electrons. The zero-order chi connectivity index (χ0) is 23.0. The van der Waals surface area contributed by atoms with Crippen LogP contribution in [0, 0.1) is 26.6 Å². The van der Waals surface area contributed by atoms with Crippen LogP contribution in [0.15, 0.2) is 91.0 Å². The van der Waals surface area contributed by atoms with Gasteiger partial charge in [-0.15, -0.1) is 0 Å². The summed E-state index contributed by atoms with van der Waals surface area (Å²) < 4.78 is 47.5. The van der Waals surface area contributed by atoms with Crippen LogP contribution in [0.3, 0.4) is 0 Å². The van der Waals surface area contributed by atoms with E-state index in [1.165, 1.54) is 0 Å². The summed E-state index contributed by atoms with van der Waals surface area (Å²) in [5, 5.41) is 0. The van der Waals surface area contributed by atoms with Crippen molar-refractivity contribution in [2.24, 2.45) is 0 Å². The van der Waals surface area contributed by atoms with Gasteiger partial charge in [-0.3, -0.25) is 0 Å². The van der Waals surface area contributed by atoms with Crippen LogP contribution in [0.5, 0.6) is 17.2 Å². The second-order valence-corrected chi connectivity index (χ2v) is 5.43. The van der Waals surface area contributed by atoms with Crippen LogP contribution in [0.25, 0.3) is 0 Å². The Morgan fingerprint density at radius 2 is 0.625 bits per heavy atom. The first-order valence-corrected chi connectivity index (χ1v) is 8.80. The van der Waals surface area contributed by atoms with Gasteiger partial charge in [0, 0.05) is 17.4 Å². The average molecular weight is 510 g/mol. The summed E-state index contributed by atoms with van der Waals surface area (Å²) in [4.78, 5) is 0. The molecular weight excluding hydrogens is 495 g/mol. The number of rotatable bonds is 6. The van der Waals surface area contributed by atoms with Crippen LogP contribution in [-0.4, -0.2) is 0 Å². The molecule has 0 saturated carbocycles. The van der Waals surface area contributed by atoms with Gasteiger partial charge in [-0.25, -0.2) is 0 Å². The molecule has 0 amide bonds. The molecule has 0 atom stereocenters. The normalized spacial score (nSPS) is 7.28. The molecular formula is C22H15ClCrO7P-. The molecule has 0 aliphatic carbocycles. The molecule has 32 heavy (non-hydrogen) atoms. The zero-order valence-electron chi connectivity index (χ0n) is 16.3. The molecule has 3 aromatic carbocycles. The molecule has 0 aliphatic rings. The van der Waals surface area contributed by atoms with Crippen LogP contribution in [0.2, 0.25) is 0 Å². The molecule has 0 bridgehead atoms. The van der Waals surface area contributed by atoms with Gasteiger partial charge in [0.25, 0.3) is 0 Å². The Labute approximate surface area is 205 Å². The minimum atomic E-state index is -1.59. The van der Waals surface area contributed by atoms with Crippen molar-refractivity contribution in [1.29, 1.82) is 0 Å². The van der Waals surface area contributed by atoms with E-state index >= 15 is 0 Å². The molecule has 0 unspecified atom stereocenters. The maximum atomic E-state index is 7.50. The van der Waals surface area contributed by atoms with Gasteiger partial charge < -0.3 is 26.0 Å². The number of hydrogen-bond acceptors (Lipinski definition) is 3. The summed E-state index contributed by atoms with van der Waals surface area (Å²) in [5.74, 6) is 2.13. The van der Waals surface area contributed by atoms with Crippen molar-refractivity contribution in [3.05, 3.63) is 118 Å². The van der Waals surface area contributed by atoms with E-state index in [0.29, 0.717) is 17.2 Å². The molecule has 0 spiro atoms. The summed E-state index contributed by atoms with van der Waals surface area (Å²) in [7, 11) is -1.59. The number of halogens is 1. The number of hydrogen-bond donors (Lipinski definition) is 0. The van der Waals surface area contributed by atoms with E-state index in [-0.39, 0.29) is 29.8 Å². The van der Waals surface area contributed by atoms with E-state index in [4.69, 9.17) is 32.2 Å². The molecule has 3 rings (SSSR count). The van der Waals surface area contributed by atoms with Crippen LogP contribution < -0.4 is 26.0 Å². The fraction of sp³-hybridized carbons (Fsp3) is 0. The molecule has 0 fully saturated rings. The van der Waals surface area contributed by atoms with Crippen molar-refractivity contribution in [3.63, 3.8) is 0 Å². The van der Waals surface area contributed by atoms with Crippen LogP contribution in [0.4, 0.5) is 0 Å². The van der Waals surface area contributed by atoms with Gasteiger partial charge in [-0.2, -0.15) is 0 Å². The second-order valence-electron chi connectivity index (χ2n) is 4.44. The van der Waals surface area contributed by atoms with E-state index in [9.17, 15) is 0 Å². The Balaban J connectivity index is -0.000000355. The van der Waals surface area contributed by atoms with Gasteiger partial charge in [0.1, 0.15) is 17.2 Å². The third-order valence-electron chi connectivity index (χ3n) is 2.77. The summed E-state index contributed by atoms with van der Waals surface area (Å²) in [6.45, 7) is 18.0. The van der Waals surface area contributed by atoms with Crippen molar-refractivity contribution in [3.8, 4) is 17.2 Å². The maximum Gasteiger partial charge on any atom is 0.530 e. The standard InChI is InChI=1S/C18H15O3P.4CO.ClH.Cr/c1-4-10-16(11-5-1)19-22(20-17-12-6-2-7-13-17)21-18-14-8-3-9-15-18;4*1-2;;/h1-15H;;;;;1H;/p-1. The average Bonchev–Trinajstić information content (AvgIpc) is 2.86. The first-order chi connectivity index (χ1) is 14.9. The number of para-hydroxylation sites is 3. The molecule has 0 saturated heterocycles. The topological polar surface area (TPSA) is 107 Å². The van der Waals surface area contributed by atoms with Crippen LogP contribution >= 0.6 is 8.60 Å². The Morgan fingerprint density at radius 1 is 0.438 bits per heavy atom. The fourth-order valence-corrected chi connectivity index (χ4v) is 2.75. The van der Waals surface area contributed by atoms with Crippen molar-refractivity contribution in [2.75, 3.05) is 0 Å². The summed E-state index contributed by atoms with van der Waals surface area (Å²) in [6, 6.07) is 28.5. The Bertz CT molecular complexity index is 738. The predicted octanol–water partition coefficient (Wildman–Crippen LogP) is 2.30. The largest absolute Gasteiger partial charge is 1.00 e. The van der Waals surface area contributed by atoms with E-state index in [1.807, 2.05) is 91.0 Å². The third-order valence-corrected chi connectivity index (χ3v) is 3.85. The molecule has 0 N–H and O–H groups in total. The van der Waals surface area contributed by atoms with Crippen molar-refractivity contribution in [1.82, 2.24) is 0 Å². The third kappa shape index (κ3) is 17.0. The quantitative estimate of drug-likeness (QED) is 0.289. The molecule has 0 aromatic heterocycles. The van der Waals surface area contributed by atoms with Gasteiger partial charge in [0.2, 0.25) is 0 Å². The van der Waals surface area contributed by atoms with Gasteiger partial charge in [0.05, 0.1) is 0 Å². The molecule has 0 radical (unpaired) electrons. The molecule has 3 aromatic rings. The van der Waals surface area contributed by atoms with Crippen LogP contribution in [-0.2, 0) is 36.0 Å². The van der Waals surface area contributed by atoms with Gasteiger partial charge >= 0.3 is 53.8 Å². The monoisotopic (exact) mass is 509 g/mol.